The largest absolute Gasteiger partial charge is 0.459 e. The lowest BCUT2D eigenvalue weighted by atomic mass is 9.95. The molecule has 2 aromatic heterocycles. The van der Waals surface area contributed by atoms with Crippen molar-refractivity contribution in [3.8, 4) is 0 Å². The van der Waals surface area contributed by atoms with Gasteiger partial charge in [-0.05, 0) is 61.0 Å². The maximum atomic E-state index is 13.2. The molecule has 0 aliphatic heterocycles. The minimum absolute atomic E-state index is 0.277. The molecule has 2 aromatic rings. The molecule has 2 heterocycles. The zero-order chi connectivity index (χ0) is 21.5. The third-order valence-corrected chi connectivity index (χ3v) is 6.38. The third kappa shape index (κ3) is 4.35. The number of nitrogens with zero attached hydrogens (tertiary/aromatic N) is 2. The predicted molar refractivity (Wildman–Crippen MR) is 105 cm³/mol. The first-order valence-electron chi connectivity index (χ1n) is 8.97. The minimum atomic E-state index is -4.67. The Morgan fingerprint density at radius 3 is 2.52 bits per heavy atom. The van der Waals surface area contributed by atoms with Crippen molar-refractivity contribution in [2.45, 2.75) is 51.8 Å². The van der Waals surface area contributed by atoms with E-state index in [1.807, 2.05) is 0 Å². The molecule has 6 nitrogen and oxygen atoms in total. The lowest BCUT2D eigenvalue weighted by molar-refractivity contribution is -0.144. The van der Waals surface area contributed by atoms with Gasteiger partial charge >= 0.3 is 12.1 Å². The Bertz CT molecular complexity index is 966. The number of nitrogens with one attached hydrogen (secondary N) is 1. The van der Waals surface area contributed by atoms with Crippen molar-refractivity contribution in [2.24, 2.45) is 7.05 Å². The van der Waals surface area contributed by atoms with Crippen molar-refractivity contribution in [2.75, 3.05) is 5.32 Å². The molecule has 0 bridgehead atoms. The molecular weight excluding hydrogens is 475 g/mol. The number of esters is 1. The molecule has 1 amide bonds. The summed E-state index contributed by atoms with van der Waals surface area (Å²) >= 11 is 4.09. The van der Waals surface area contributed by atoms with E-state index in [4.69, 9.17) is 4.74 Å². The Kier molecular flexibility index (Phi) is 6.09. The molecule has 158 valence electrons. The Labute approximate surface area is 177 Å². The second-order valence-electron chi connectivity index (χ2n) is 6.96. The number of ether oxygens (including phenoxy) is 1. The van der Waals surface area contributed by atoms with E-state index in [1.54, 1.807) is 13.8 Å². The van der Waals surface area contributed by atoms with Gasteiger partial charge in [-0.3, -0.25) is 9.48 Å². The van der Waals surface area contributed by atoms with Gasteiger partial charge in [-0.25, -0.2) is 4.79 Å². The van der Waals surface area contributed by atoms with Crippen LogP contribution >= 0.6 is 27.3 Å². The topological polar surface area (TPSA) is 73.2 Å². The molecule has 1 aliphatic rings. The van der Waals surface area contributed by atoms with Gasteiger partial charge in [0.1, 0.15) is 5.00 Å². The third-order valence-electron chi connectivity index (χ3n) is 4.42. The molecule has 1 N–H and O–H groups in total. The Morgan fingerprint density at radius 2 is 1.93 bits per heavy atom. The molecule has 1 aliphatic carbocycles. The zero-order valence-electron chi connectivity index (χ0n) is 15.9. The van der Waals surface area contributed by atoms with Crippen LogP contribution in [0.1, 0.15) is 63.7 Å². The first-order chi connectivity index (χ1) is 13.5. The Hall–Kier alpha value is -1.88. The molecule has 3 rings (SSSR count). The summed E-state index contributed by atoms with van der Waals surface area (Å²) < 4.78 is 45.0. The van der Waals surface area contributed by atoms with Crippen LogP contribution in [0, 0.1) is 0 Å². The van der Waals surface area contributed by atoms with Gasteiger partial charge < -0.3 is 10.1 Å². The molecule has 0 unspecified atom stereocenters. The van der Waals surface area contributed by atoms with Gasteiger partial charge in [-0.1, -0.05) is 0 Å². The van der Waals surface area contributed by atoms with Gasteiger partial charge in [0.2, 0.25) is 0 Å². The van der Waals surface area contributed by atoms with E-state index in [2.05, 4.69) is 26.3 Å². The molecule has 0 radical (unpaired) electrons. The van der Waals surface area contributed by atoms with Crippen molar-refractivity contribution < 1.29 is 27.5 Å². The Balaban J connectivity index is 1.97. The molecule has 0 saturated carbocycles. The minimum Gasteiger partial charge on any atom is -0.459 e. The smallest absolute Gasteiger partial charge is 0.434 e. The summed E-state index contributed by atoms with van der Waals surface area (Å²) in [5.74, 6) is -1.38. The van der Waals surface area contributed by atoms with Gasteiger partial charge in [-0.15, -0.1) is 11.3 Å². The summed E-state index contributed by atoms with van der Waals surface area (Å²) in [4.78, 5) is 26.3. The number of alkyl halides is 3. The number of anilines is 1. The summed E-state index contributed by atoms with van der Waals surface area (Å²) in [6.45, 7) is 3.44. The van der Waals surface area contributed by atoms with Crippen molar-refractivity contribution in [3.05, 3.63) is 31.9 Å². The fourth-order valence-corrected chi connectivity index (χ4v) is 5.27. The number of amides is 1. The van der Waals surface area contributed by atoms with Crippen LogP contribution in [-0.2, 0) is 30.8 Å². The van der Waals surface area contributed by atoms with Crippen LogP contribution in [0.5, 0.6) is 0 Å². The van der Waals surface area contributed by atoms with E-state index in [0.29, 0.717) is 11.1 Å². The number of carbonyl (C=O) groups excluding carboxylic acids is 2. The number of aromatic nitrogens is 2. The second-order valence-corrected chi connectivity index (χ2v) is 8.85. The number of aryl methyl sites for hydroxylation is 2. The number of thiophene rings is 1. The molecule has 0 aromatic carbocycles. The quantitative estimate of drug-likeness (QED) is 0.610. The van der Waals surface area contributed by atoms with Crippen LogP contribution in [-0.4, -0.2) is 27.8 Å². The second kappa shape index (κ2) is 8.10. The summed E-state index contributed by atoms with van der Waals surface area (Å²) in [5.41, 5.74) is -0.338. The van der Waals surface area contributed by atoms with E-state index < -0.39 is 33.9 Å². The van der Waals surface area contributed by atoms with Crippen LogP contribution in [0.25, 0.3) is 0 Å². The van der Waals surface area contributed by atoms with Crippen LogP contribution in [0.3, 0.4) is 0 Å². The van der Waals surface area contributed by atoms with E-state index >= 15 is 0 Å². The highest BCUT2D eigenvalue weighted by Gasteiger charge is 2.40. The normalized spacial score (nSPS) is 14.1. The fraction of sp³-hybridized carbons (Fsp3) is 0.500. The number of hydrogen-bond donors (Lipinski definition) is 1. The number of fused-ring (bicyclic) bond motifs is 1. The van der Waals surface area contributed by atoms with Gasteiger partial charge in [0.15, 0.2) is 11.4 Å². The monoisotopic (exact) mass is 493 g/mol. The molecule has 0 atom stereocenters. The first kappa shape index (κ1) is 21.8. The number of rotatable bonds is 4. The molecular formula is C18H19BrF3N3O3S. The maximum absolute atomic E-state index is 13.2. The molecule has 0 spiro atoms. The van der Waals surface area contributed by atoms with E-state index in [9.17, 15) is 22.8 Å². The van der Waals surface area contributed by atoms with E-state index in [-0.39, 0.29) is 16.7 Å². The fourth-order valence-electron chi connectivity index (χ4n) is 3.26. The van der Waals surface area contributed by atoms with E-state index in [1.165, 1.54) is 11.3 Å². The van der Waals surface area contributed by atoms with Crippen molar-refractivity contribution in [1.29, 1.82) is 0 Å². The zero-order valence-corrected chi connectivity index (χ0v) is 18.3. The summed E-state index contributed by atoms with van der Waals surface area (Å²) in [6, 6.07) is 0. The maximum Gasteiger partial charge on any atom is 0.434 e. The van der Waals surface area contributed by atoms with E-state index in [0.717, 1.165) is 36.8 Å². The van der Waals surface area contributed by atoms with Gasteiger partial charge in [0.05, 0.1) is 16.1 Å². The number of halogens is 4. The van der Waals surface area contributed by atoms with Gasteiger partial charge in [0, 0.05) is 11.9 Å². The predicted octanol–water partition coefficient (Wildman–Crippen LogP) is 4.96. The molecule has 0 saturated heterocycles. The molecule has 0 fully saturated rings. The SMILES string of the molecule is CC(C)OC(=O)c1c(NC(=O)c2nn(C)c(C(F)(F)F)c2Br)sc2c1CCCC2. The average molecular weight is 494 g/mol. The summed E-state index contributed by atoms with van der Waals surface area (Å²) in [6.07, 6.45) is -1.66. The summed E-state index contributed by atoms with van der Waals surface area (Å²) in [7, 11) is 1.11. The van der Waals surface area contributed by atoms with Gasteiger partial charge in [-0.2, -0.15) is 18.3 Å². The van der Waals surface area contributed by atoms with Crippen LogP contribution in [0.4, 0.5) is 18.2 Å². The lowest BCUT2D eigenvalue weighted by Gasteiger charge is -2.14. The molecule has 11 heteroatoms. The first-order valence-corrected chi connectivity index (χ1v) is 10.6. The highest BCUT2D eigenvalue weighted by atomic mass is 79.9. The van der Waals surface area contributed by atoms with Gasteiger partial charge in [0.25, 0.3) is 5.91 Å². The Morgan fingerprint density at radius 1 is 1.28 bits per heavy atom. The van der Waals surface area contributed by atoms with Crippen molar-refractivity contribution in [3.63, 3.8) is 0 Å². The number of hydrogen-bond acceptors (Lipinski definition) is 5. The highest BCUT2D eigenvalue weighted by molar-refractivity contribution is 9.10. The van der Waals surface area contributed by atoms with Crippen LogP contribution < -0.4 is 5.32 Å². The number of carbonyl (C=O) groups is 2. The lowest BCUT2D eigenvalue weighted by Crippen LogP contribution is -2.18. The van der Waals surface area contributed by atoms with Crippen LogP contribution in [0.2, 0.25) is 0 Å². The summed E-state index contributed by atoms with van der Waals surface area (Å²) in [5, 5.41) is 6.56. The van der Waals surface area contributed by atoms with Crippen LogP contribution in [0.15, 0.2) is 4.47 Å². The molecule has 29 heavy (non-hydrogen) atoms. The average Bonchev–Trinajstić information content (AvgIpc) is 3.10. The standard InChI is InChI=1S/C18H19BrF3N3O3S/c1-8(2)28-17(27)11-9-6-4-5-7-10(9)29-16(11)23-15(26)13-12(19)14(18(20,21)22)25(3)24-13/h8H,4-7H2,1-3H3,(H,23,26). The van der Waals surface area contributed by atoms with Crippen molar-refractivity contribution in [1.82, 2.24) is 9.78 Å². The van der Waals surface area contributed by atoms with Crippen molar-refractivity contribution >= 4 is 44.1 Å². The highest BCUT2D eigenvalue weighted by Crippen LogP contribution is 2.40.